The monoisotopic (exact) mass is 385 g/mol. The van der Waals surface area contributed by atoms with Crippen molar-refractivity contribution in [2.45, 2.75) is 26.3 Å². The molecule has 3 rings (SSSR count). The lowest BCUT2D eigenvalue weighted by atomic mass is 10.2. The molecule has 0 bridgehead atoms. The van der Waals surface area contributed by atoms with Crippen LogP contribution in [0.15, 0.2) is 17.0 Å². The third-order valence-electron chi connectivity index (χ3n) is 3.79. The van der Waals surface area contributed by atoms with Gasteiger partial charge in [0.15, 0.2) is 9.84 Å². The Kier molecular flexibility index (Phi) is 3.94. The molecule has 1 aliphatic heterocycles. The standard InChI is InChI=1S/C13H16BrN5O2S/c1-8-12(17-13-11(14)5-15-7-16-13)9(2)19(18-8)10-3-4-22(20,21)6-10/h5,7,10H,3-4,6H2,1-2H3,(H,15,16,17). The van der Waals surface area contributed by atoms with E-state index in [1.807, 2.05) is 18.5 Å². The first-order valence-corrected chi connectivity index (χ1v) is 9.47. The summed E-state index contributed by atoms with van der Waals surface area (Å²) in [5.41, 5.74) is 2.57. The smallest absolute Gasteiger partial charge is 0.152 e. The molecule has 9 heteroatoms. The van der Waals surface area contributed by atoms with Crippen LogP contribution in [0.1, 0.15) is 23.9 Å². The molecule has 2 aromatic heterocycles. The molecule has 0 radical (unpaired) electrons. The molecular formula is C13H16BrN5O2S. The predicted octanol–water partition coefficient (Wildman–Crippen LogP) is 2.16. The maximum atomic E-state index is 11.7. The first-order chi connectivity index (χ1) is 10.4. The lowest BCUT2D eigenvalue weighted by Gasteiger charge is -2.12. The molecule has 1 aliphatic rings. The minimum atomic E-state index is -2.94. The molecular weight excluding hydrogens is 370 g/mol. The Labute approximate surface area is 137 Å². The van der Waals surface area contributed by atoms with Crippen molar-refractivity contribution < 1.29 is 8.42 Å². The molecule has 1 atom stereocenters. The largest absolute Gasteiger partial charge is 0.336 e. The molecule has 1 saturated heterocycles. The van der Waals surface area contributed by atoms with E-state index in [1.165, 1.54) is 6.33 Å². The van der Waals surface area contributed by atoms with E-state index in [4.69, 9.17) is 0 Å². The van der Waals surface area contributed by atoms with Gasteiger partial charge in [-0.25, -0.2) is 18.4 Å². The molecule has 1 unspecified atom stereocenters. The Morgan fingerprint density at radius 2 is 2.18 bits per heavy atom. The van der Waals surface area contributed by atoms with Crippen LogP contribution in [0.5, 0.6) is 0 Å². The number of aryl methyl sites for hydroxylation is 1. The van der Waals surface area contributed by atoms with Gasteiger partial charge >= 0.3 is 0 Å². The molecule has 1 N–H and O–H groups in total. The molecule has 3 heterocycles. The summed E-state index contributed by atoms with van der Waals surface area (Å²) in [7, 11) is -2.94. The first kappa shape index (κ1) is 15.4. The Hall–Kier alpha value is -1.48. The summed E-state index contributed by atoms with van der Waals surface area (Å²) in [6, 6.07) is -0.0897. The SMILES string of the molecule is Cc1nn(C2CCS(=O)(=O)C2)c(C)c1Nc1ncncc1Br. The van der Waals surface area contributed by atoms with Gasteiger partial charge in [-0.1, -0.05) is 0 Å². The van der Waals surface area contributed by atoms with Crippen molar-refractivity contribution in [3.8, 4) is 0 Å². The molecule has 0 amide bonds. The van der Waals surface area contributed by atoms with Gasteiger partial charge in [-0.3, -0.25) is 4.68 Å². The maximum absolute atomic E-state index is 11.7. The van der Waals surface area contributed by atoms with Crippen LogP contribution in [0.4, 0.5) is 11.5 Å². The number of nitrogens with zero attached hydrogens (tertiary/aromatic N) is 4. The zero-order valence-corrected chi connectivity index (χ0v) is 14.6. The summed E-state index contributed by atoms with van der Waals surface area (Å²) in [5.74, 6) is 1.04. The third kappa shape index (κ3) is 2.87. The van der Waals surface area contributed by atoms with Crippen LogP contribution in [0, 0.1) is 13.8 Å². The fourth-order valence-corrected chi connectivity index (χ4v) is 4.70. The van der Waals surface area contributed by atoms with E-state index >= 15 is 0 Å². The van der Waals surface area contributed by atoms with E-state index in [0.29, 0.717) is 12.2 Å². The quantitative estimate of drug-likeness (QED) is 0.870. The van der Waals surface area contributed by atoms with E-state index in [0.717, 1.165) is 21.5 Å². The van der Waals surface area contributed by atoms with Gasteiger partial charge in [0, 0.05) is 6.20 Å². The van der Waals surface area contributed by atoms with Crippen molar-refractivity contribution in [3.05, 3.63) is 28.4 Å². The van der Waals surface area contributed by atoms with E-state index in [1.54, 1.807) is 6.20 Å². The lowest BCUT2D eigenvalue weighted by molar-refractivity contribution is 0.486. The minimum absolute atomic E-state index is 0.0897. The number of halogens is 1. The summed E-state index contributed by atoms with van der Waals surface area (Å²) < 4.78 is 25.9. The van der Waals surface area contributed by atoms with E-state index in [2.05, 4.69) is 36.3 Å². The molecule has 118 valence electrons. The van der Waals surface area contributed by atoms with Crippen molar-refractivity contribution in [2.24, 2.45) is 0 Å². The minimum Gasteiger partial charge on any atom is -0.336 e. The fraction of sp³-hybridized carbons (Fsp3) is 0.462. The Balaban J connectivity index is 1.93. The number of sulfone groups is 1. The average molecular weight is 386 g/mol. The van der Waals surface area contributed by atoms with Gasteiger partial charge < -0.3 is 5.32 Å². The van der Waals surface area contributed by atoms with Crippen molar-refractivity contribution in [3.63, 3.8) is 0 Å². The fourth-order valence-electron chi connectivity index (χ4n) is 2.69. The van der Waals surface area contributed by atoms with Gasteiger partial charge in [-0.15, -0.1) is 0 Å². The molecule has 0 aromatic carbocycles. The highest BCUT2D eigenvalue weighted by molar-refractivity contribution is 9.10. The van der Waals surface area contributed by atoms with Gasteiger partial charge in [0.1, 0.15) is 12.1 Å². The summed E-state index contributed by atoms with van der Waals surface area (Å²) in [6.45, 7) is 3.83. The van der Waals surface area contributed by atoms with Crippen LogP contribution >= 0.6 is 15.9 Å². The van der Waals surface area contributed by atoms with Crippen LogP contribution in [0.3, 0.4) is 0 Å². The summed E-state index contributed by atoms with van der Waals surface area (Å²) in [5, 5.41) is 7.76. The lowest BCUT2D eigenvalue weighted by Crippen LogP contribution is -2.14. The van der Waals surface area contributed by atoms with Crippen molar-refractivity contribution in [1.82, 2.24) is 19.7 Å². The van der Waals surface area contributed by atoms with Gasteiger partial charge in [-0.2, -0.15) is 5.10 Å². The van der Waals surface area contributed by atoms with Gasteiger partial charge in [0.2, 0.25) is 0 Å². The normalized spacial score (nSPS) is 20.2. The Morgan fingerprint density at radius 3 is 2.82 bits per heavy atom. The number of anilines is 2. The highest BCUT2D eigenvalue weighted by atomic mass is 79.9. The topological polar surface area (TPSA) is 89.8 Å². The van der Waals surface area contributed by atoms with Crippen molar-refractivity contribution >= 4 is 37.3 Å². The van der Waals surface area contributed by atoms with E-state index in [-0.39, 0.29) is 17.5 Å². The Morgan fingerprint density at radius 1 is 1.41 bits per heavy atom. The van der Waals surface area contributed by atoms with Crippen LogP contribution in [-0.4, -0.2) is 39.7 Å². The van der Waals surface area contributed by atoms with Gasteiger partial charge in [0.25, 0.3) is 0 Å². The van der Waals surface area contributed by atoms with Crippen LogP contribution in [-0.2, 0) is 9.84 Å². The van der Waals surface area contributed by atoms with Crippen LogP contribution in [0.2, 0.25) is 0 Å². The molecule has 7 nitrogen and oxygen atoms in total. The number of rotatable bonds is 3. The predicted molar refractivity (Wildman–Crippen MR) is 87.0 cm³/mol. The second-order valence-corrected chi connectivity index (χ2v) is 8.47. The van der Waals surface area contributed by atoms with E-state index < -0.39 is 9.84 Å². The highest BCUT2D eigenvalue weighted by Crippen LogP contribution is 2.31. The van der Waals surface area contributed by atoms with Crippen molar-refractivity contribution in [1.29, 1.82) is 0 Å². The second kappa shape index (κ2) is 5.62. The average Bonchev–Trinajstić information content (AvgIpc) is 2.95. The zero-order valence-electron chi connectivity index (χ0n) is 12.2. The highest BCUT2D eigenvalue weighted by Gasteiger charge is 2.31. The molecule has 1 fully saturated rings. The molecule has 0 saturated carbocycles. The Bertz CT molecular complexity index is 818. The number of hydrogen-bond acceptors (Lipinski definition) is 6. The van der Waals surface area contributed by atoms with Gasteiger partial charge in [-0.05, 0) is 36.2 Å². The number of hydrogen-bond donors (Lipinski definition) is 1. The second-order valence-electron chi connectivity index (χ2n) is 5.39. The number of nitrogens with one attached hydrogen (secondary N) is 1. The summed E-state index contributed by atoms with van der Waals surface area (Å²) in [4.78, 5) is 8.11. The first-order valence-electron chi connectivity index (χ1n) is 6.86. The summed E-state index contributed by atoms with van der Waals surface area (Å²) in [6.07, 6.45) is 3.74. The molecule has 0 aliphatic carbocycles. The van der Waals surface area contributed by atoms with Crippen LogP contribution in [0.25, 0.3) is 0 Å². The number of aromatic nitrogens is 4. The molecule has 0 spiro atoms. The maximum Gasteiger partial charge on any atom is 0.152 e. The molecule has 22 heavy (non-hydrogen) atoms. The van der Waals surface area contributed by atoms with E-state index in [9.17, 15) is 8.42 Å². The van der Waals surface area contributed by atoms with Gasteiger partial charge in [0.05, 0.1) is 39.1 Å². The van der Waals surface area contributed by atoms with Crippen LogP contribution < -0.4 is 5.32 Å². The zero-order chi connectivity index (χ0) is 15.9. The van der Waals surface area contributed by atoms with Crippen molar-refractivity contribution in [2.75, 3.05) is 16.8 Å². The summed E-state index contributed by atoms with van der Waals surface area (Å²) >= 11 is 3.40. The molecule has 2 aromatic rings. The third-order valence-corrected chi connectivity index (χ3v) is 6.12.